The molecule has 0 aromatic rings. The summed E-state index contributed by atoms with van der Waals surface area (Å²) < 4.78 is 11.2. The fourth-order valence-corrected chi connectivity index (χ4v) is 1.71. The molecule has 13 heavy (non-hydrogen) atoms. The molecule has 0 bridgehead atoms. The highest BCUT2D eigenvalue weighted by atomic mass is 16.7. The monoisotopic (exact) mass is 188 g/mol. The Hall–Kier alpha value is -0.120. The van der Waals surface area contributed by atoms with E-state index in [4.69, 9.17) is 14.6 Å². The van der Waals surface area contributed by atoms with Crippen molar-refractivity contribution in [2.45, 2.75) is 44.8 Å². The van der Waals surface area contributed by atoms with Gasteiger partial charge in [0, 0.05) is 19.4 Å². The van der Waals surface area contributed by atoms with Crippen LogP contribution in [0.15, 0.2) is 0 Å². The Morgan fingerprint density at radius 3 is 2.31 bits per heavy atom. The molecular weight excluding hydrogens is 168 g/mol. The maximum absolute atomic E-state index is 8.76. The van der Waals surface area contributed by atoms with Gasteiger partial charge in [-0.25, -0.2) is 0 Å². The Morgan fingerprint density at radius 1 is 1.15 bits per heavy atom. The lowest BCUT2D eigenvalue weighted by Gasteiger charge is -2.27. The highest BCUT2D eigenvalue weighted by Gasteiger charge is 2.34. The van der Waals surface area contributed by atoms with Gasteiger partial charge in [0.05, 0.1) is 13.2 Å². The van der Waals surface area contributed by atoms with Gasteiger partial charge in [0.25, 0.3) is 0 Å². The third kappa shape index (κ3) is 3.25. The van der Waals surface area contributed by atoms with Crippen molar-refractivity contribution < 1.29 is 14.6 Å². The van der Waals surface area contributed by atoms with Gasteiger partial charge in [-0.05, 0) is 12.8 Å². The third-order valence-corrected chi connectivity index (χ3v) is 2.44. The fourth-order valence-electron chi connectivity index (χ4n) is 1.71. The first-order valence-corrected chi connectivity index (χ1v) is 5.22. The maximum atomic E-state index is 8.76. The van der Waals surface area contributed by atoms with Crippen LogP contribution in [0.4, 0.5) is 0 Å². The normalized spacial score (nSPS) is 20.8. The summed E-state index contributed by atoms with van der Waals surface area (Å²) in [5.74, 6) is -0.362. The summed E-state index contributed by atoms with van der Waals surface area (Å²) >= 11 is 0. The van der Waals surface area contributed by atoms with Crippen LogP contribution in [-0.2, 0) is 9.47 Å². The summed E-state index contributed by atoms with van der Waals surface area (Å²) in [5.41, 5.74) is 0. The van der Waals surface area contributed by atoms with Gasteiger partial charge >= 0.3 is 0 Å². The molecule has 1 aliphatic rings. The van der Waals surface area contributed by atoms with Gasteiger partial charge in [0.15, 0.2) is 5.79 Å². The fraction of sp³-hybridized carbons (Fsp3) is 1.00. The van der Waals surface area contributed by atoms with Crippen LogP contribution < -0.4 is 0 Å². The molecule has 1 N–H and O–H groups in total. The highest BCUT2D eigenvalue weighted by molar-refractivity contribution is 4.73. The minimum absolute atomic E-state index is 0.223. The summed E-state index contributed by atoms with van der Waals surface area (Å²) in [4.78, 5) is 0. The van der Waals surface area contributed by atoms with Gasteiger partial charge in [-0.2, -0.15) is 0 Å². The molecule has 1 heterocycles. The number of aliphatic hydroxyl groups is 1. The van der Waals surface area contributed by atoms with E-state index in [1.165, 1.54) is 0 Å². The Kier molecular flexibility index (Phi) is 4.70. The van der Waals surface area contributed by atoms with E-state index >= 15 is 0 Å². The topological polar surface area (TPSA) is 38.7 Å². The van der Waals surface area contributed by atoms with Gasteiger partial charge in [-0.15, -0.1) is 0 Å². The average molecular weight is 188 g/mol. The van der Waals surface area contributed by atoms with Gasteiger partial charge < -0.3 is 14.6 Å². The van der Waals surface area contributed by atoms with Crippen molar-refractivity contribution in [1.29, 1.82) is 0 Å². The second-order valence-corrected chi connectivity index (χ2v) is 3.54. The predicted molar refractivity (Wildman–Crippen MR) is 50.5 cm³/mol. The Labute approximate surface area is 80.0 Å². The van der Waals surface area contributed by atoms with Crippen molar-refractivity contribution in [2.24, 2.45) is 0 Å². The summed E-state index contributed by atoms with van der Waals surface area (Å²) in [6.45, 7) is 3.79. The average Bonchev–Trinajstić information content (AvgIpc) is 2.61. The molecule has 0 aromatic heterocycles. The zero-order chi connectivity index (χ0) is 9.57. The Bertz CT molecular complexity index is 120. The van der Waals surface area contributed by atoms with Gasteiger partial charge in [-0.3, -0.25) is 0 Å². The number of ether oxygens (including phenoxy) is 2. The number of unbranched alkanes of at least 4 members (excludes halogenated alkanes) is 1. The molecule has 0 aliphatic carbocycles. The molecule has 1 rings (SSSR count). The molecule has 0 amide bonds. The van der Waals surface area contributed by atoms with Crippen LogP contribution in [0.1, 0.15) is 39.0 Å². The van der Waals surface area contributed by atoms with Crippen LogP contribution in [-0.4, -0.2) is 30.7 Å². The minimum Gasteiger partial charge on any atom is -0.396 e. The van der Waals surface area contributed by atoms with Crippen molar-refractivity contribution in [3.8, 4) is 0 Å². The van der Waals surface area contributed by atoms with Crippen LogP contribution in [0.2, 0.25) is 0 Å². The van der Waals surface area contributed by atoms with E-state index in [2.05, 4.69) is 6.92 Å². The Balaban J connectivity index is 2.33. The molecule has 0 aromatic carbocycles. The first kappa shape index (κ1) is 11.0. The zero-order valence-corrected chi connectivity index (χ0v) is 8.42. The Morgan fingerprint density at radius 2 is 1.77 bits per heavy atom. The second-order valence-electron chi connectivity index (χ2n) is 3.54. The van der Waals surface area contributed by atoms with Gasteiger partial charge in [0.2, 0.25) is 0 Å². The summed E-state index contributed by atoms with van der Waals surface area (Å²) in [5, 5.41) is 8.76. The van der Waals surface area contributed by atoms with Crippen LogP contribution >= 0.6 is 0 Å². The molecule has 0 radical (unpaired) electrons. The SMILES string of the molecule is CCCCC1(CCCO)OCCO1. The largest absolute Gasteiger partial charge is 0.396 e. The molecule has 0 saturated carbocycles. The van der Waals surface area contributed by atoms with Crippen LogP contribution in [0, 0.1) is 0 Å². The van der Waals surface area contributed by atoms with Crippen LogP contribution in [0.5, 0.6) is 0 Å². The molecule has 78 valence electrons. The number of hydrogen-bond donors (Lipinski definition) is 1. The smallest absolute Gasteiger partial charge is 0.168 e. The molecule has 1 saturated heterocycles. The summed E-state index contributed by atoms with van der Waals surface area (Å²) in [6.07, 6.45) is 4.84. The molecule has 3 nitrogen and oxygen atoms in total. The van der Waals surface area contributed by atoms with Crippen molar-refractivity contribution in [2.75, 3.05) is 19.8 Å². The highest BCUT2D eigenvalue weighted by Crippen LogP contribution is 2.30. The molecule has 0 atom stereocenters. The third-order valence-electron chi connectivity index (χ3n) is 2.44. The quantitative estimate of drug-likeness (QED) is 0.689. The molecule has 3 heteroatoms. The summed E-state index contributed by atoms with van der Waals surface area (Å²) in [6, 6.07) is 0. The lowest BCUT2D eigenvalue weighted by Crippen LogP contribution is -2.30. The molecule has 0 unspecified atom stereocenters. The number of aliphatic hydroxyl groups excluding tert-OH is 1. The molecule has 1 aliphatic heterocycles. The van der Waals surface area contributed by atoms with Crippen LogP contribution in [0.25, 0.3) is 0 Å². The lowest BCUT2D eigenvalue weighted by molar-refractivity contribution is -0.169. The molecular formula is C10H20O3. The van der Waals surface area contributed by atoms with E-state index in [-0.39, 0.29) is 12.4 Å². The number of hydrogen-bond acceptors (Lipinski definition) is 3. The first-order valence-electron chi connectivity index (χ1n) is 5.22. The molecule has 0 spiro atoms. The predicted octanol–water partition coefficient (Wildman–Crippen LogP) is 1.69. The molecule has 1 fully saturated rings. The van der Waals surface area contributed by atoms with Gasteiger partial charge in [0.1, 0.15) is 0 Å². The van der Waals surface area contributed by atoms with E-state index in [0.717, 1.165) is 32.1 Å². The maximum Gasteiger partial charge on any atom is 0.168 e. The van der Waals surface area contributed by atoms with Gasteiger partial charge in [-0.1, -0.05) is 13.3 Å². The van der Waals surface area contributed by atoms with E-state index in [0.29, 0.717) is 13.2 Å². The summed E-state index contributed by atoms with van der Waals surface area (Å²) in [7, 11) is 0. The zero-order valence-electron chi connectivity index (χ0n) is 8.42. The number of rotatable bonds is 6. The first-order chi connectivity index (χ1) is 6.33. The van der Waals surface area contributed by atoms with Crippen molar-refractivity contribution in [3.05, 3.63) is 0 Å². The van der Waals surface area contributed by atoms with E-state index in [9.17, 15) is 0 Å². The van der Waals surface area contributed by atoms with Crippen molar-refractivity contribution in [3.63, 3.8) is 0 Å². The van der Waals surface area contributed by atoms with Crippen LogP contribution in [0.3, 0.4) is 0 Å². The standard InChI is InChI=1S/C10H20O3/c1-2-3-5-10(6-4-7-11)12-8-9-13-10/h11H,2-9H2,1H3. The second kappa shape index (κ2) is 5.58. The van der Waals surface area contributed by atoms with E-state index < -0.39 is 0 Å². The van der Waals surface area contributed by atoms with Crippen molar-refractivity contribution in [1.82, 2.24) is 0 Å². The van der Waals surface area contributed by atoms with E-state index in [1.54, 1.807) is 0 Å². The van der Waals surface area contributed by atoms with Crippen molar-refractivity contribution >= 4 is 0 Å². The minimum atomic E-state index is -0.362. The lowest BCUT2D eigenvalue weighted by atomic mass is 10.0. The van der Waals surface area contributed by atoms with E-state index in [1.807, 2.05) is 0 Å².